The molecule has 0 unspecified atom stereocenters. The first-order chi connectivity index (χ1) is 9.66. The van der Waals surface area contributed by atoms with Crippen molar-refractivity contribution in [3.05, 3.63) is 70.6 Å². The predicted octanol–water partition coefficient (Wildman–Crippen LogP) is 5.26. The summed E-state index contributed by atoms with van der Waals surface area (Å²) in [6, 6.07) is 16.0. The molecule has 0 saturated heterocycles. The third kappa shape index (κ3) is 2.27. The van der Waals surface area contributed by atoms with Gasteiger partial charge in [0.1, 0.15) is 0 Å². The number of benzene rings is 2. The fourth-order valence-electron chi connectivity index (χ4n) is 2.33. The Balaban J connectivity index is 2.00. The maximum absolute atomic E-state index is 12.6. The van der Waals surface area contributed by atoms with E-state index in [1.165, 1.54) is 5.56 Å². The number of ketones is 1. The monoisotopic (exact) mass is 280 g/mol. The second kappa shape index (κ2) is 5.22. The molecule has 3 rings (SSSR count). The molecular weight excluding hydrogens is 264 g/mol. The van der Waals surface area contributed by atoms with Crippen molar-refractivity contribution in [2.75, 3.05) is 0 Å². The summed E-state index contributed by atoms with van der Waals surface area (Å²) in [6.45, 7) is 4.31. The van der Waals surface area contributed by atoms with Gasteiger partial charge in [-0.1, -0.05) is 56.3 Å². The minimum absolute atomic E-state index is 0.109. The van der Waals surface area contributed by atoms with E-state index >= 15 is 0 Å². The van der Waals surface area contributed by atoms with Crippen LogP contribution in [0.4, 0.5) is 0 Å². The molecule has 0 atom stereocenters. The molecule has 0 N–H and O–H groups in total. The molecule has 100 valence electrons. The van der Waals surface area contributed by atoms with Crippen molar-refractivity contribution in [3.8, 4) is 0 Å². The molecule has 0 aliphatic carbocycles. The van der Waals surface area contributed by atoms with Gasteiger partial charge in [0.05, 0.1) is 0 Å². The highest BCUT2D eigenvalue weighted by Crippen LogP contribution is 2.28. The van der Waals surface area contributed by atoms with Crippen molar-refractivity contribution in [3.63, 3.8) is 0 Å². The summed E-state index contributed by atoms with van der Waals surface area (Å²) >= 11 is 1.62. The van der Waals surface area contributed by atoms with Crippen LogP contribution >= 0.6 is 11.3 Å². The molecule has 0 amide bonds. The second-order valence-electron chi connectivity index (χ2n) is 5.25. The van der Waals surface area contributed by atoms with Gasteiger partial charge < -0.3 is 0 Å². The lowest BCUT2D eigenvalue weighted by Crippen LogP contribution is -2.00. The number of thiophene rings is 1. The molecule has 2 aromatic carbocycles. The molecule has 20 heavy (non-hydrogen) atoms. The van der Waals surface area contributed by atoms with Gasteiger partial charge in [0.2, 0.25) is 0 Å². The van der Waals surface area contributed by atoms with Crippen molar-refractivity contribution in [1.29, 1.82) is 0 Å². The van der Waals surface area contributed by atoms with Crippen molar-refractivity contribution in [2.45, 2.75) is 19.8 Å². The fraction of sp³-hybridized carbons (Fsp3) is 0.167. The van der Waals surface area contributed by atoms with Crippen LogP contribution in [0.2, 0.25) is 0 Å². The lowest BCUT2D eigenvalue weighted by Gasteiger charge is -2.06. The van der Waals surface area contributed by atoms with Gasteiger partial charge in [-0.05, 0) is 17.5 Å². The van der Waals surface area contributed by atoms with Crippen LogP contribution in [-0.4, -0.2) is 5.78 Å². The number of rotatable bonds is 3. The van der Waals surface area contributed by atoms with Gasteiger partial charge >= 0.3 is 0 Å². The first-order valence-electron chi connectivity index (χ1n) is 6.77. The van der Waals surface area contributed by atoms with E-state index < -0.39 is 0 Å². The van der Waals surface area contributed by atoms with Gasteiger partial charge in [0.15, 0.2) is 5.78 Å². The summed E-state index contributed by atoms with van der Waals surface area (Å²) < 4.78 is 1.16. The Kier molecular flexibility index (Phi) is 3.41. The van der Waals surface area contributed by atoms with Crippen molar-refractivity contribution in [2.24, 2.45) is 0 Å². The molecular formula is C18H16OS. The number of hydrogen-bond donors (Lipinski definition) is 0. The van der Waals surface area contributed by atoms with Crippen molar-refractivity contribution >= 4 is 27.2 Å². The number of fused-ring (bicyclic) bond motifs is 1. The van der Waals surface area contributed by atoms with Crippen LogP contribution in [0.1, 0.15) is 41.3 Å². The molecule has 2 heteroatoms. The molecule has 1 nitrogen and oxygen atoms in total. The number of carbonyl (C=O) groups is 1. The highest BCUT2D eigenvalue weighted by Gasteiger charge is 2.14. The molecule has 0 aliphatic rings. The average Bonchev–Trinajstić information content (AvgIpc) is 2.90. The quantitative estimate of drug-likeness (QED) is 0.598. The van der Waals surface area contributed by atoms with Crippen LogP contribution in [0, 0.1) is 0 Å². The maximum atomic E-state index is 12.6. The van der Waals surface area contributed by atoms with E-state index in [0.29, 0.717) is 5.92 Å². The van der Waals surface area contributed by atoms with Gasteiger partial charge in [-0.2, -0.15) is 0 Å². The van der Waals surface area contributed by atoms with Crippen molar-refractivity contribution < 1.29 is 4.79 Å². The minimum Gasteiger partial charge on any atom is -0.289 e. The van der Waals surface area contributed by atoms with Crippen LogP contribution in [0.25, 0.3) is 10.1 Å². The van der Waals surface area contributed by atoms with Gasteiger partial charge in [-0.3, -0.25) is 4.79 Å². The van der Waals surface area contributed by atoms with E-state index in [1.807, 2.05) is 47.8 Å². The molecule has 0 saturated carbocycles. The molecule has 0 bridgehead atoms. The van der Waals surface area contributed by atoms with Gasteiger partial charge in [-0.15, -0.1) is 11.3 Å². The summed E-state index contributed by atoms with van der Waals surface area (Å²) in [5.41, 5.74) is 2.83. The van der Waals surface area contributed by atoms with Crippen molar-refractivity contribution in [1.82, 2.24) is 0 Å². The second-order valence-corrected chi connectivity index (χ2v) is 6.16. The van der Waals surface area contributed by atoms with E-state index in [2.05, 4.69) is 19.9 Å². The number of carbonyl (C=O) groups excluding carboxylic acids is 1. The van der Waals surface area contributed by atoms with Crippen LogP contribution in [0.3, 0.4) is 0 Å². The van der Waals surface area contributed by atoms with Crippen LogP contribution in [-0.2, 0) is 0 Å². The Labute approximate surface area is 122 Å². The van der Waals surface area contributed by atoms with Crippen LogP contribution < -0.4 is 0 Å². The Morgan fingerprint density at radius 3 is 2.40 bits per heavy atom. The van der Waals surface area contributed by atoms with E-state index in [4.69, 9.17) is 0 Å². The maximum Gasteiger partial charge on any atom is 0.194 e. The van der Waals surface area contributed by atoms with E-state index in [9.17, 15) is 4.79 Å². The Morgan fingerprint density at radius 1 is 1.00 bits per heavy atom. The highest BCUT2D eigenvalue weighted by molar-refractivity contribution is 7.17. The summed E-state index contributed by atoms with van der Waals surface area (Å²) in [7, 11) is 0. The normalized spacial score (nSPS) is 11.2. The Hall–Kier alpha value is -1.93. The molecule has 0 aliphatic heterocycles. The summed E-state index contributed by atoms with van der Waals surface area (Å²) in [4.78, 5) is 12.6. The van der Waals surface area contributed by atoms with E-state index in [0.717, 1.165) is 21.2 Å². The first-order valence-corrected chi connectivity index (χ1v) is 7.65. The van der Waals surface area contributed by atoms with Crippen LogP contribution in [0.15, 0.2) is 53.9 Å². The molecule has 0 spiro atoms. The predicted molar refractivity (Wildman–Crippen MR) is 85.8 cm³/mol. The smallest absolute Gasteiger partial charge is 0.194 e. The first kappa shape index (κ1) is 13.1. The van der Waals surface area contributed by atoms with Gasteiger partial charge in [0, 0.05) is 26.6 Å². The van der Waals surface area contributed by atoms with E-state index in [1.54, 1.807) is 11.3 Å². The van der Waals surface area contributed by atoms with Gasteiger partial charge in [0.25, 0.3) is 0 Å². The minimum atomic E-state index is 0.109. The zero-order valence-corrected chi connectivity index (χ0v) is 12.4. The third-order valence-electron chi connectivity index (χ3n) is 3.57. The summed E-state index contributed by atoms with van der Waals surface area (Å²) in [6.07, 6.45) is 0. The average molecular weight is 280 g/mol. The fourth-order valence-corrected chi connectivity index (χ4v) is 3.27. The third-order valence-corrected chi connectivity index (χ3v) is 4.53. The summed E-state index contributed by atoms with van der Waals surface area (Å²) in [5, 5.41) is 3.01. The Bertz CT molecular complexity index is 750. The molecule has 0 radical (unpaired) electrons. The lowest BCUT2D eigenvalue weighted by atomic mass is 9.98. The zero-order chi connectivity index (χ0) is 14.1. The highest BCUT2D eigenvalue weighted by atomic mass is 32.1. The molecule has 1 aromatic heterocycles. The lowest BCUT2D eigenvalue weighted by molar-refractivity contribution is 0.104. The molecule has 3 aromatic rings. The largest absolute Gasteiger partial charge is 0.289 e. The molecule has 1 heterocycles. The Morgan fingerprint density at radius 2 is 1.70 bits per heavy atom. The zero-order valence-electron chi connectivity index (χ0n) is 11.6. The summed E-state index contributed by atoms with van der Waals surface area (Å²) in [5.74, 6) is 0.596. The topological polar surface area (TPSA) is 17.1 Å². The van der Waals surface area contributed by atoms with Gasteiger partial charge in [-0.25, -0.2) is 0 Å². The standard InChI is InChI=1S/C18H16OS/c1-12(2)13-7-9-14(10-8-13)18(19)16-11-20-17-6-4-3-5-15(16)17/h3-12H,1-2H3. The SMILES string of the molecule is CC(C)c1ccc(C(=O)c2csc3ccccc23)cc1. The van der Waals surface area contributed by atoms with E-state index in [-0.39, 0.29) is 5.78 Å². The van der Waals surface area contributed by atoms with Crippen LogP contribution in [0.5, 0.6) is 0 Å². The number of hydrogen-bond acceptors (Lipinski definition) is 2. The molecule has 0 fully saturated rings.